The summed E-state index contributed by atoms with van der Waals surface area (Å²) in [5, 5.41) is 0. The second kappa shape index (κ2) is 6.15. The molecule has 0 aliphatic rings. The SMILES string of the molecule is CC(C)(C)[S@+]([O-])N=Cc1ccc(OC(F)F)cc1. The number of halogens is 2. The van der Waals surface area contributed by atoms with Gasteiger partial charge in [0.25, 0.3) is 0 Å². The number of hydrogen-bond donors (Lipinski definition) is 0. The van der Waals surface area contributed by atoms with Gasteiger partial charge in [0.1, 0.15) is 21.9 Å². The van der Waals surface area contributed by atoms with Crippen LogP contribution >= 0.6 is 0 Å². The van der Waals surface area contributed by atoms with E-state index in [0.717, 1.165) is 0 Å². The molecule has 0 radical (unpaired) electrons. The average Bonchev–Trinajstić information content (AvgIpc) is 2.25. The van der Waals surface area contributed by atoms with E-state index in [1.165, 1.54) is 18.3 Å². The van der Waals surface area contributed by atoms with Gasteiger partial charge in [-0.1, -0.05) is 4.40 Å². The molecular formula is C12H15F2NO2S. The van der Waals surface area contributed by atoms with Gasteiger partial charge in [0.15, 0.2) is 0 Å². The minimum Gasteiger partial charge on any atom is -0.591 e. The first-order chi connectivity index (χ1) is 8.29. The zero-order chi connectivity index (χ0) is 13.8. The first-order valence-corrected chi connectivity index (χ1v) is 6.40. The van der Waals surface area contributed by atoms with Gasteiger partial charge in [0, 0.05) is 0 Å². The molecule has 1 aromatic rings. The molecule has 0 unspecified atom stereocenters. The van der Waals surface area contributed by atoms with Crippen LogP contribution in [0.5, 0.6) is 5.75 Å². The molecule has 0 aliphatic carbocycles. The Labute approximate surface area is 108 Å². The Balaban J connectivity index is 2.66. The second-order valence-electron chi connectivity index (χ2n) is 4.54. The van der Waals surface area contributed by atoms with E-state index in [1.54, 1.807) is 12.1 Å². The molecule has 100 valence electrons. The van der Waals surface area contributed by atoms with Crippen molar-refractivity contribution in [2.24, 2.45) is 4.40 Å². The summed E-state index contributed by atoms with van der Waals surface area (Å²) in [5.41, 5.74) is 0.675. The predicted octanol–water partition coefficient (Wildman–Crippen LogP) is 3.17. The number of hydrogen-bond acceptors (Lipinski definition) is 3. The summed E-state index contributed by atoms with van der Waals surface area (Å²) in [4.78, 5) is 0. The number of rotatable bonds is 4. The van der Waals surface area contributed by atoms with Crippen LogP contribution in [0.4, 0.5) is 8.78 Å². The van der Waals surface area contributed by atoms with E-state index < -0.39 is 22.7 Å². The van der Waals surface area contributed by atoms with Gasteiger partial charge in [-0.3, -0.25) is 0 Å². The highest BCUT2D eigenvalue weighted by Crippen LogP contribution is 2.18. The smallest absolute Gasteiger partial charge is 0.387 e. The normalized spacial score (nSPS) is 14.2. The van der Waals surface area contributed by atoms with E-state index in [9.17, 15) is 13.3 Å². The van der Waals surface area contributed by atoms with Gasteiger partial charge in [-0.15, -0.1) is 0 Å². The number of nitrogens with zero attached hydrogens (tertiary/aromatic N) is 1. The predicted molar refractivity (Wildman–Crippen MR) is 68.6 cm³/mol. The molecule has 1 aromatic carbocycles. The third-order valence-corrected chi connectivity index (χ3v) is 3.27. The molecule has 0 saturated heterocycles. The Morgan fingerprint density at radius 2 is 1.83 bits per heavy atom. The quantitative estimate of drug-likeness (QED) is 0.626. The summed E-state index contributed by atoms with van der Waals surface area (Å²) < 4.78 is 43.2. The molecule has 6 heteroatoms. The van der Waals surface area contributed by atoms with Gasteiger partial charge in [0.2, 0.25) is 0 Å². The van der Waals surface area contributed by atoms with Crippen LogP contribution in [0.2, 0.25) is 0 Å². The van der Waals surface area contributed by atoms with E-state index in [0.29, 0.717) is 5.56 Å². The maximum Gasteiger partial charge on any atom is 0.387 e. The van der Waals surface area contributed by atoms with Gasteiger partial charge in [-0.2, -0.15) is 8.78 Å². The molecule has 0 amide bonds. The molecule has 0 N–H and O–H groups in total. The fourth-order valence-corrected chi connectivity index (χ4v) is 1.54. The van der Waals surface area contributed by atoms with Crippen molar-refractivity contribution in [2.75, 3.05) is 0 Å². The molecule has 1 atom stereocenters. The lowest BCUT2D eigenvalue weighted by molar-refractivity contribution is -0.0498. The van der Waals surface area contributed by atoms with Gasteiger partial charge < -0.3 is 9.29 Å². The Kier molecular flexibility index (Phi) is 5.10. The molecule has 0 fully saturated rings. The number of benzene rings is 1. The van der Waals surface area contributed by atoms with Crippen LogP contribution in [0.15, 0.2) is 28.7 Å². The van der Waals surface area contributed by atoms with E-state index >= 15 is 0 Å². The van der Waals surface area contributed by atoms with Crippen molar-refractivity contribution in [3.63, 3.8) is 0 Å². The van der Waals surface area contributed by atoms with Crippen molar-refractivity contribution in [2.45, 2.75) is 32.1 Å². The largest absolute Gasteiger partial charge is 0.591 e. The Morgan fingerprint density at radius 1 is 1.28 bits per heavy atom. The minimum atomic E-state index is -2.84. The molecule has 1 rings (SSSR count). The van der Waals surface area contributed by atoms with Crippen LogP contribution in [-0.2, 0) is 11.4 Å². The third-order valence-electron chi connectivity index (χ3n) is 1.93. The van der Waals surface area contributed by atoms with Crippen molar-refractivity contribution in [3.8, 4) is 5.75 Å². The maximum atomic E-state index is 11.9. The molecule has 0 saturated carbocycles. The standard InChI is InChI=1S/C12H15F2NO2S/c1-12(2,3)18(16)15-8-9-4-6-10(7-5-9)17-11(13)14/h4-8,11H,1-3H3/t18-/m0/s1. The molecule has 18 heavy (non-hydrogen) atoms. The van der Waals surface area contributed by atoms with Crippen molar-refractivity contribution >= 4 is 17.6 Å². The minimum absolute atomic E-state index is 0.0825. The topological polar surface area (TPSA) is 44.7 Å². The molecule has 0 bridgehead atoms. The van der Waals surface area contributed by atoms with Crippen LogP contribution in [0.3, 0.4) is 0 Å². The van der Waals surface area contributed by atoms with Crippen LogP contribution in [-0.4, -0.2) is 22.1 Å². The monoisotopic (exact) mass is 275 g/mol. The van der Waals surface area contributed by atoms with Gasteiger partial charge in [-0.25, -0.2) is 0 Å². The van der Waals surface area contributed by atoms with Crippen LogP contribution < -0.4 is 4.74 Å². The lowest BCUT2D eigenvalue weighted by atomic mass is 10.2. The molecule has 0 spiro atoms. The zero-order valence-corrected chi connectivity index (χ0v) is 11.2. The Hall–Kier alpha value is -1.14. The highest BCUT2D eigenvalue weighted by Gasteiger charge is 2.25. The van der Waals surface area contributed by atoms with Crippen molar-refractivity contribution in [1.29, 1.82) is 0 Å². The molecule has 0 aromatic heterocycles. The zero-order valence-electron chi connectivity index (χ0n) is 10.4. The fraction of sp³-hybridized carbons (Fsp3) is 0.417. The van der Waals surface area contributed by atoms with Gasteiger partial charge >= 0.3 is 6.61 Å². The Bertz CT molecular complexity index is 402. The molecular weight excluding hydrogens is 260 g/mol. The maximum absolute atomic E-state index is 11.9. The lowest BCUT2D eigenvalue weighted by Crippen LogP contribution is -2.25. The summed E-state index contributed by atoms with van der Waals surface area (Å²) in [5.74, 6) is 0.0825. The van der Waals surface area contributed by atoms with Crippen LogP contribution in [0, 0.1) is 0 Å². The molecule has 0 aliphatic heterocycles. The second-order valence-corrected chi connectivity index (χ2v) is 6.48. The summed E-state index contributed by atoms with van der Waals surface area (Å²) in [6.45, 7) is 2.62. The first kappa shape index (κ1) is 14.9. The van der Waals surface area contributed by atoms with E-state index in [1.807, 2.05) is 20.8 Å². The lowest BCUT2D eigenvalue weighted by Gasteiger charge is -2.17. The highest BCUT2D eigenvalue weighted by molar-refractivity contribution is 7.91. The number of ether oxygens (including phenoxy) is 1. The molecule has 3 nitrogen and oxygen atoms in total. The highest BCUT2D eigenvalue weighted by atomic mass is 32.2. The van der Waals surface area contributed by atoms with Gasteiger partial charge in [0.05, 0.1) is 6.21 Å². The van der Waals surface area contributed by atoms with Crippen molar-refractivity contribution in [3.05, 3.63) is 29.8 Å². The van der Waals surface area contributed by atoms with Crippen LogP contribution in [0.1, 0.15) is 26.3 Å². The fourth-order valence-electron chi connectivity index (χ4n) is 1.00. The van der Waals surface area contributed by atoms with Crippen molar-refractivity contribution < 1.29 is 18.1 Å². The summed E-state index contributed by atoms with van der Waals surface area (Å²) in [6.07, 6.45) is 1.45. The van der Waals surface area contributed by atoms with Crippen molar-refractivity contribution in [1.82, 2.24) is 0 Å². The van der Waals surface area contributed by atoms with Crippen LogP contribution in [0.25, 0.3) is 0 Å². The summed E-state index contributed by atoms with van der Waals surface area (Å²) in [7, 11) is 0. The van der Waals surface area contributed by atoms with E-state index in [-0.39, 0.29) is 5.75 Å². The first-order valence-electron chi connectivity index (χ1n) is 5.30. The average molecular weight is 275 g/mol. The van der Waals surface area contributed by atoms with E-state index in [2.05, 4.69) is 9.13 Å². The summed E-state index contributed by atoms with van der Waals surface area (Å²) in [6, 6.07) is 5.96. The van der Waals surface area contributed by atoms with E-state index in [4.69, 9.17) is 0 Å². The Morgan fingerprint density at radius 3 is 2.28 bits per heavy atom. The summed E-state index contributed by atoms with van der Waals surface area (Å²) >= 11 is -1.33. The molecule has 0 heterocycles. The number of alkyl halides is 2. The van der Waals surface area contributed by atoms with Gasteiger partial charge in [-0.05, 0) is 50.6 Å². The third kappa shape index (κ3) is 5.01.